The minimum atomic E-state index is 0.428. The molecule has 1 nitrogen and oxygen atoms in total. The van der Waals surface area contributed by atoms with Crippen LogP contribution in [0.2, 0.25) is 5.02 Å². The molecule has 1 aromatic heterocycles. The van der Waals surface area contributed by atoms with Crippen molar-refractivity contribution in [3.8, 4) is 0 Å². The first kappa shape index (κ1) is 14.5. The van der Waals surface area contributed by atoms with Crippen molar-refractivity contribution >= 4 is 34.7 Å². The Morgan fingerprint density at radius 1 is 1.35 bits per heavy atom. The van der Waals surface area contributed by atoms with E-state index >= 15 is 0 Å². The molecule has 2 heterocycles. The van der Waals surface area contributed by atoms with Gasteiger partial charge >= 0.3 is 0 Å². The predicted molar refractivity (Wildman–Crippen MR) is 90.1 cm³/mol. The van der Waals surface area contributed by atoms with Crippen LogP contribution in [0.25, 0.3) is 0 Å². The fourth-order valence-electron chi connectivity index (χ4n) is 2.63. The van der Waals surface area contributed by atoms with Crippen LogP contribution in [0.3, 0.4) is 0 Å². The van der Waals surface area contributed by atoms with Crippen LogP contribution in [0, 0.1) is 0 Å². The van der Waals surface area contributed by atoms with Gasteiger partial charge in [-0.15, -0.1) is 23.1 Å². The molecule has 1 unspecified atom stereocenters. The van der Waals surface area contributed by atoms with Crippen molar-refractivity contribution in [2.75, 3.05) is 5.75 Å². The van der Waals surface area contributed by atoms with E-state index in [1.165, 1.54) is 33.1 Å². The third kappa shape index (κ3) is 3.06. The first-order valence-corrected chi connectivity index (χ1v) is 9.23. The summed E-state index contributed by atoms with van der Waals surface area (Å²) in [5.74, 6) is 1.18. The lowest BCUT2D eigenvalue weighted by molar-refractivity contribution is 0.512. The van der Waals surface area contributed by atoms with Crippen LogP contribution in [0.1, 0.15) is 35.4 Å². The molecular weight excluding hydrogens is 306 g/mol. The average Bonchev–Trinajstić information content (AvgIpc) is 2.92. The van der Waals surface area contributed by atoms with Gasteiger partial charge in [-0.2, -0.15) is 0 Å². The second-order valence-electron chi connectivity index (χ2n) is 4.98. The van der Waals surface area contributed by atoms with Gasteiger partial charge in [0, 0.05) is 27.4 Å². The Hall–Kier alpha value is -0.480. The van der Waals surface area contributed by atoms with E-state index in [0.29, 0.717) is 6.04 Å². The van der Waals surface area contributed by atoms with Gasteiger partial charge < -0.3 is 5.32 Å². The van der Waals surface area contributed by atoms with E-state index in [1.54, 1.807) is 0 Å². The van der Waals surface area contributed by atoms with E-state index in [4.69, 9.17) is 11.6 Å². The monoisotopic (exact) mass is 323 g/mol. The van der Waals surface area contributed by atoms with Gasteiger partial charge in [0.1, 0.15) is 0 Å². The first-order chi connectivity index (χ1) is 9.78. The Labute approximate surface area is 133 Å². The van der Waals surface area contributed by atoms with Crippen LogP contribution in [0.4, 0.5) is 0 Å². The van der Waals surface area contributed by atoms with Gasteiger partial charge in [-0.1, -0.05) is 18.5 Å². The summed E-state index contributed by atoms with van der Waals surface area (Å²) >= 11 is 9.94. The van der Waals surface area contributed by atoms with E-state index in [2.05, 4.69) is 35.8 Å². The summed E-state index contributed by atoms with van der Waals surface area (Å²) < 4.78 is 0. The summed E-state index contributed by atoms with van der Waals surface area (Å²) in [5.41, 5.74) is 2.84. The number of thioether (sulfide) groups is 1. The molecule has 0 aliphatic carbocycles. The lowest BCUT2D eigenvalue weighted by Gasteiger charge is -2.26. The smallest absolute Gasteiger partial charge is 0.0410 e. The predicted octanol–water partition coefficient (Wildman–Crippen LogP) is 5.29. The summed E-state index contributed by atoms with van der Waals surface area (Å²) in [7, 11) is 0. The normalized spacial score (nSPS) is 18.0. The Morgan fingerprint density at radius 2 is 2.25 bits per heavy atom. The Bertz CT molecular complexity index is 594. The molecule has 0 fully saturated rings. The van der Waals surface area contributed by atoms with Crippen LogP contribution >= 0.6 is 34.7 Å². The van der Waals surface area contributed by atoms with Gasteiger partial charge in [-0.05, 0) is 59.4 Å². The lowest BCUT2D eigenvalue weighted by atomic mass is 10.0. The van der Waals surface area contributed by atoms with Crippen LogP contribution in [-0.4, -0.2) is 5.75 Å². The highest BCUT2D eigenvalue weighted by molar-refractivity contribution is 7.99. The Balaban J connectivity index is 1.75. The van der Waals surface area contributed by atoms with Gasteiger partial charge in [-0.3, -0.25) is 0 Å². The molecule has 0 saturated heterocycles. The van der Waals surface area contributed by atoms with E-state index in [-0.39, 0.29) is 0 Å². The molecule has 20 heavy (non-hydrogen) atoms. The zero-order valence-electron chi connectivity index (χ0n) is 11.5. The maximum Gasteiger partial charge on any atom is 0.0410 e. The molecular formula is C16H18ClNS2. The van der Waals surface area contributed by atoms with E-state index < -0.39 is 0 Å². The van der Waals surface area contributed by atoms with Crippen molar-refractivity contribution in [1.29, 1.82) is 0 Å². The molecule has 4 heteroatoms. The maximum absolute atomic E-state index is 6.15. The van der Waals surface area contributed by atoms with E-state index in [9.17, 15) is 0 Å². The highest BCUT2D eigenvalue weighted by Gasteiger charge is 2.20. The topological polar surface area (TPSA) is 12.0 Å². The second kappa shape index (κ2) is 6.52. The minimum Gasteiger partial charge on any atom is -0.305 e. The number of nitrogens with one attached hydrogen (secondary N) is 1. The Kier molecular flexibility index (Phi) is 4.72. The lowest BCUT2D eigenvalue weighted by Crippen LogP contribution is -2.24. The largest absolute Gasteiger partial charge is 0.305 e. The minimum absolute atomic E-state index is 0.428. The van der Waals surface area contributed by atoms with Gasteiger partial charge in [0.05, 0.1) is 0 Å². The van der Waals surface area contributed by atoms with Crippen molar-refractivity contribution in [3.63, 3.8) is 0 Å². The summed E-state index contributed by atoms with van der Waals surface area (Å²) in [4.78, 5) is 2.84. The summed E-state index contributed by atoms with van der Waals surface area (Å²) in [6.45, 7) is 3.18. The van der Waals surface area contributed by atoms with Crippen molar-refractivity contribution in [1.82, 2.24) is 5.32 Å². The maximum atomic E-state index is 6.15. The van der Waals surface area contributed by atoms with Gasteiger partial charge in [0.25, 0.3) is 0 Å². The number of benzene rings is 1. The van der Waals surface area contributed by atoms with Crippen molar-refractivity contribution in [2.24, 2.45) is 0 Å². The SMILES string of the molecule is CCc1ccsc1CNC1CCSc2ccc(Cl)cc21. The molecule has 0 bridgehead atoms. The number of aryl methyl sites for hydroxylation is 1. The third-order valence-corrected chi connectivity index (χ3v) is 6.06. The summed E-state index contributed by atoms with van der Waals surface area (Å²) in [6, 6.07) is 8.93. The summed E-state index contributed by atoms with van der Waals surface area (Å²) in [6.07, 6.45) is 2.29. The number of hydrogen-bond donors (Lipinski definition) is 1. The molecule has 0 spiro atoms. The Morgan fingerprint density at radius 3 is 3.10 bits per heavy atom. The van der Waals surface area contributed by atoms with Crippen molar-refractivity contribution in [2.45, 2.75) is 37.2 Å². The number of hydrogen-bond acceptors (Lipinski definition) is 3. The molecule has 0 radical (unpaired) electrons. The molecule has 2 aromatic rings. The molecule has 1 atom stereocenters. The standard InChI is InChI=1S/C16H18ClNS2/c1-2-11-5-7-20-16(11)10-18-14-6-8-19-15-4-3-12(17)9-13(14)15/h3-5,7,9,14,18H,2,6,8,10H2,1H3. The number of halogens is 1. The fraction of sp³-hybridized carbons (Fsp3) is 0.375. The van der Waals surface area contributed by atoms with Crippen LogP contribution in [0.15, 0.2) is 34.5 Å². The van der Waals surface area contributed by atoms with Crippen molar-refractivity contribution < 1.29 is 0 Å². The zero-order valence-corrected chi connectivity index (χ0v) is 13.9. The van der Waals surface area contributed by atoms with Crippen LogP contribution in [0.5, 0.6) is 0 Å². The molecule has 106 valence electrons. The molecule has 0 saturated carbocycles. The van der Waals surface area contributed by atoms with E-state index in [0.717, 1.165) is 18.0 Å². The van der Waals surface area contributed by atoms with E-state index in [1.807, 2.05) is 29.2 Å². The van der Waals surface area contributed by atoms with Crippen LogP contribution < -0.4 is 5.32 Å². The number of fused-ring (bicyclic) bond motifs is 1. The quantitative estimate of drug-likeness (QED) is 0.820. The second-order valence-corrected chi connectivity index (χ2v) is 7.55. The molecule has 3 rings (SSSR count). The fourth-order valence-corrected chi connectivity index (χ4v) is 4.84. The van der Waals surface area contributed by atoms with Crippen molar-refractivity contribution in [3.05, 3.63) is 50.7 Å². The number of thiophene rings is 1. The first-order valence-electron chi connectivity index (χ1n) is 6.99. The molecule has 1 aliphatic rings. The molecule has 1 aromatic carbocycles. The average molecular weight is 324 g/mol. The van der Waals surface area contributed by atoms with Gasteiger partial charge in [0.2, 0.25) is 0 Å². The zero-order chi connectivity index (χ0) is 13.9. The molecule has 1 aliphatic heterocycles. The van der Waals surface area contributed by atoms with Gasteiger partial charge in [0.15, 0.2) is 0 Å². The molecule has 0 amide bonds. The summed E-state index contributed by atoms with van der Waals surface area (Å²) in [5, 5.41) is 6.75. The van der Waals surface area contributed by atoms with Gasteiger partial charge in [-0.25, -0.2) is 0 Å². The highest BCUT2D eigenvalue weighted by atomic mass is 35.5. The highest BCUT2D eigenvalue weighted by Crippen LogP contribution is 2.37. The van der Waals surface area contributed by atoms with Crippen LogP contribution in [-0.2, 0) is 13.0 Å². The third-order valence-electron chi connectivity index (χ3n) is 3.74. The number of rotatable bonds is 4. The molecule has 1 N–H and O–H groups in total.